The maximum absolute atomic E-state index is 11.9. The van der Waals surface area contributed by atoms with Gasteiger partial charge in [0, 0.05) is 5.69 Å². The van der Waals surface area contributed by atoms with Crippen LogP contribution in [0.3, 0.4) is 0 Å². The second kappa shape index (κ2) is 6.04. The van der Waals surface area contributed by atoms with Crippen molar-refractivity contribution in [1.82, 2.24) is 10.1 Å². The first-order valence-electron chi connectivity index (χ1n) is 6.37. The molecule has 0 radical (unpaired) electrons. The summed E-state index contributed by atoms with van der Waals surface area (Å²) in [5, 5.41) is 6.78. The summed E-state index contributed by atoms with van der Waals surface area (Å²) in [5.41, 5.74) is 0.802. The first-order valence-corrected chi connectivity index (χ1v) is 8.02. The number of hydrogen-bond donors (Lipinski definition) is 1. The molecule has 1 aromatic carbocycles. The van der Waals surface area contributed by atoms with E-state index in [1.165, 1.54) is 0 Å². The molecule has 0 unspecified atom stereocenters. The molecule has 0 aliphatic rings. The number of benzene rings is 1. The average molecular weight is 295 g/mol. The molecule has 2 aromatic rings. The largest absolute Gasteiger partial charge is 0.376 e. The standard InChI is InChI=1S/C13H17N3O3S/c1-3-8-20(17,18)12-6-4-11(5-7-12)14-9-13-15-10(2)16-19-13/h4-7,14H,3,8-9H2,1-2H3. The van der Waals surface area contributed by atoms with Gasteiger partial charge in [0.25, 0.3) is 0 Å². The highest BCUT2D eigenvalue weighted by molar-refractivity contribution is 7.91. The third-order valence-electron chi connectivity index (χ3n) is 2.70. The summed E-state index contributed by atoms with van der Waals surface area (Å²) in [5.74, 6) is 1.24. The van der Waals surface area contributed by atoms with Crippen LogP contribution in [0, 0.1) is 6.92 Å². The van der Waals surface area contributed by atoms with Crippen molar-refractivity contribution < 1.29 is 12.9 Å². The number of aromatic nitrogens is 2. The van der Waals surface area contributed by atoms with E-state index in [4.69, 9.17) is 4.52 Å². The molecule has 2 rings (SSSR count). The molecule has 7 heteroatoms. The third-order valence-corrected chi connectivity index (χ3v) is 4.64. The second-order valence-electron chi connectivity index (χ2n) is 4.43. The van der Waals surface area contributed by atoms with Crippen molar-refractivity contribution in [3.05, 3.63) is 36.0 Å². The van der Waals surface area contributed by atoms with E-state index in [-0.39, 0.29) is 5.75 Å². The molecule has 1 heterocycles. The highest BCUT2D eigenvalue weighted by Gasteiger charge is 2.12. The molecule has 1 N–H and O–H groups in total. The fraction of sp³-hybridized carbons (Fsp3) is 0.385. The minimum absolute atomic E-state index is 0.168. The smallest absolute Gasteiger partial charge is 0.245 e. The molecule has 108 valence electrons. The Morgan fingerprint density at radius 2 is 1.95 bits per heavy atom. The van der Waals surface area contributed by atoms with Crippen molar-refractivity contribution >= 4 is 15.5 Å². The van der Waals surface area contributed by atoms with Gasteiger partial charge in [-0.1, -0.05) is 12.1 Å². The monoisotopic (exact) mass is 295 g/mol. The maximum Gasteiger partial charge on any atom is 0.245 e. The van der Waals surface area contributed by atoms with E-state index in [1.54, 1.807) is 31.2 Å². The number of hydrogen-bond acceptors (Lipinski definition) is 6. The topological polar surface area (TPSA) is 85.1 Å². The molecule has 1 aromatic heterocycles. The third kappa shape index (κ3) is 3.57. The van der Waals surface area contributed by atoms with Gasteiger partial charge in [-0.15, -0.1) is 0 Å². The minimum Gasteiger partial charge on any atom is -0.376 e. The van der Waals surface area contributed by atoms with Gasteiger partial charge in [-0.2, -0.15) is 4.98 Å². The van der Waals surface area contributed by atoms with Gasteiger partial charge in [0.15, 0.2) is 15.7 Å². The Morgan fingerprint density at radius 3 is 2.50 bits per heavy atom. The Labute approximate surface area is 118 Å². The van der Waals surface area contributed by atoms with Crippen molar-refractivity contribution in [2.45, 2.75) is 31.7 Å². The summed E-state index contributed by atoms with van der Waals surface area (Å²) in [6.45, 7) is 4.00. The summed E-state index contributed by atoms with van der Waals surface area (Å²) in [7, 11) is -3.16. The normalized spacial score (nSPS) is 11.5. The Balaban J connectivity index is 2.01. The van der Waals surface area contributed by atoms with Crippen molar-refractivity contribution in [2.24, 2.45) is 0 Å². The molecule has 0 aliphatic carbocycles. The lowest BCUT2D eigenvalue weighted by molar-refractivity contribution is 0.379. The summed E-state index contributed by atoms with van der Waals surface area (Å²) in [4.78, 5) is 4.42. The predicted octanol–water partition coefficient (Wildman–Crippen LogP) is 2.17. The van der Waals surface area contributed by atoms with Gasteiger partial charge in [0.2, 0.25) is 5.89 Å². The molecule has 6 nitrogen and oxygen atoms in total. The fourth-order valence-electron chi connectivity index (χ4n) is 1.76. The van der Waals surface area contributed by atoms with Crippen LogP contribution in [0.1, 0.15) is 25.1 Å². The van der Waals surface area contributed by atoms with Gasteiger partial charge in [0.05, 0.1) is 17.2 Å². The molecular formula is C13H17N3O3S. The highest BCUT2D eigenvalue weighted by Crippen LogP contribution is 2.16. The summed E-state index contributed by atoms with van der Waals surface area (Å²) in [6, 6.07) is 6.66. The van der Waals surface area contributed by atoms with Crippen LogP contribution < -0.4 is 5.32 Å². The van der Waals surface area contributed by atoms with Crippen LogP contribution in [-0.2, 0) is 16.4 Å². The Kier molecular flexibility index (Phi) is 4.39. The van der Waals surface area contributed by atoms with E-state index in [0.717, 1.165) is 5.69 Å². The molecule has 0 amide bonds. The molecule has 0 saturated carbocycles. The van der Waals surface area contributed by atoms with E-state index < -0.39 is 9.84 Å². The van der Waals surface area contributed by atoms with E-state index in [1.807, 2.05) is 6.92 Å². The molecule has 0 bridgehead atoms. The van der Waals surface area contributed by atoms with E-state index >= 15 is 0 Å². The Morgan fingerprint density at radius 1 is 1.25 bits per heavy atom. The van der Waals surface area contributed by atoms with E-state index in [0.29, 0.717) is 29.6 Å². The van der Waals surface area contributed by atoms with E-state index in [2.05, 4.69) is 15.5 Å². The zero-order valence-electron chi connectivity index (χ0n) is 11.5. The maximum atomic E-state index is 11.9. The van der Waals surface area contributed by atoms with Gasteiger partial charge < -0.3 is 9.84 Å². The molecule has 0 saturated heterocycles. The molecular weight excluding hydrogens is 278 g/mol. The lowest BCUT2D eigenvalue weighted by Gasteiger charge is -2.06. The van der Waals surface area contributed by atoms with Crippen LogP contribution in [0.4, 0.5) is 5.69 Å². The zero-order chi connectivity index (χ0) is 14.6. The van der Waals surface area contributed by atoms with Crippen LogP contribution in [0.25, 0.3) is 0 Å². The van der Waals surface area contributed by atoms with E-state index in [9.17, 15) is 8.42 Å². The summed E-state index contributed by atoms with van der Waals surface area (Å²) >= 11 is 0. The van der Waals surface area contributed by atoms with Gasteiger partial charge in [-0.3, -0.25) is 0 Å². The molecule has 20 heavy (non-hydrogen) atoms. The quantitative estimate of drug-likeness (QED) is 0.879. The zero-order valence-corrected chi connectivity index (χ0v) is 12.3. The first kappa shape index (κ1) is 14.5. The van der Waals surface area contributed by atoms with Crippen LogP contribution >= 0.6 is 0 Å². The number of nitrogens with one attached hydrogen (secondary N) is 1. The van der Waals surface area contributed by atoms with Gasteiger partial charge >= 0.3 is 0 Å². The molecule has 0 fully saturated rings. The Bertz CT molecular complexity index is 662. The average Bonchev–Trinajstić information content (AvgIpc) is 2.83. The van der Waals surface area contributed by atoms with Gasteiger partial charge in [0.1, 0.15) is 0 Å². The number of nitrogens with zero attached hydrogens (tertiary/aromatic N) is 2. The van der Waals surface area contributed by atoms with Crippen molar-refractivity contribution in [2.75, 3.05) is 11.1 Å². The highest BCUT2D eigenvalue weighted by atomic mass is 32.2. The lowest BCUT2D eigenvalue weighted by atomic mass is 10.3. The predicted molar refractivity (Wildman–Crippen MR) is 75.1 cm³/mol. The lowest BCUT2D eigenvalue weighted by Crippen LogP contribution is -2.06. The van der Waals surface area contributed by atoms with Crippen molar-refractivity contribution in [3.63, 3.8) is 0 Å². The van der Waals surface area contributed by atoms with Crippen molar-refractivity contribution in [3.8, 4) is 0 Å². The summed E-state index contributed by atoms with van der Waals surface area (Å²) < 4.78 is 28.7. The van der Waals surface area contributed by atoms with Crippen molar-refractivity contribution in [1.29, 1.82) is 0 Å². The van der Waals surface area contributed by atoms with Crippen LogP contribution in [0.5, 0.6) is 0 Å². The SMILES string of the molecule is CCCS(=O)(=O)c1ccc(NCc2nc(C)no2)cc1. The van der Waals surface area contributed by atoms with Gasteiger partial charge in [-0.05, 0) is 37.6 Å². The van der Waals surface area contributed by atoms with Gasteiger partial charge in [-0.25, -0.2) is 8.42 Å². The number of anilines is 1. The number of sulfone groups is 1. The van der Waals surface area contributed by atoms with Crippen LogP contribution in [0.2, 0.25) is 0 Å². The van der Waals surface area contributed by atoms with Crippen LogP contribution in [0.15, 0.2) is 33.7 Å². The number of aryl methyl sites for hydroxylation is 1. The number of rotatable bonds is 6. The fourth-order valence-corrected chi connectivity index (χ4v) is 3.08. The first-order chi connectivity index (χ1) is 9.51. The minimum atomic E-state index is -3.16. The molecule has 0 spiro atoms. The second-order valence-corrected chi connectivity index (χ2v) is 6.54. The molecule has 0 atom stereocenters. The molecule has 0 aliphatic heterocycles. The van der Waals surface area contributed by atoms with Crippen LogP contribution in [-0.4, -0.2) is 24.3 Å². The summed E-state index contributed by atoms with van der Waals surface area (Å²) in [6.07, 6.45) is 0.610. The Hall–Kier alpha value is -1.89.